The molecular weight excluding hydrogens is 365 g/mol. The fourth-order valence-corrected chi connectivity index (χ4v) is 3.69. The van der Waals surface area contributed by atoms with Crippen LogP contribution >= 0.6 is 11.3 Å². The summed E-state index contributed by atoms with van der Waals surface area (Å²) in [6.45, 7) is 5.05. The molecular formula is C17H19F3N4OS. The average molecular weight is 384 g/mol. The maximum atomic E-state index is 12.9. The van der Waals surface area contributed by atoms with Gasteiger partial charge in [-0.3, -0.25) is 9.69 Å². The number of hydrogen-bond donors (Lipinski definition) is 0. The molecule has 1 aromatic carbocycles. The first kappa shape index (κ1) is 18.8. The quantitative estimate of drug-likeness (QED) is 0.815. The molecule has 1 aliphatic rings. The molecule has 1 amide bonds. The Morgan fingerprint density at radius 2 is 2.00 bits per heavy atom. The first-order valence-corrected chi connectivity index (χ1v) is 9.12. The van der Waals surface area contributed by atoms with Gasteiger partial charge in [-0.25, -0.2) is 0 Å². The number of rotatable bonds is 3. The highest BCUT2D eigenvalue weighted by molar-refractivity contribution is 7.11. The van der Waals surface area contributed by atoms with E-state index in [9.17, 15) is 18.0 Å². The van der Waals surface area contributed by atoms with Crippen LogP contribution in [0.3, 0.4) is 0 Å². The Balaban J connectivity index is 1.64. The van der Waals surface area contributed by atoms with Gasteiger partial charge in [0.05, 0.1) is 12.1 Å². The minimum absolute atomic E-state index is 0.0769. The number of benzene rings is 1. The van der Waals surface area contributed by atoms with Crippen LogP contribution in [0.25, 0.3) is 0 Å². The van der Waals surface area contributed by atoms with Crippen molar-refractivity contribution in [1.82, 2.24) is 20.0 Å². The third-order valence-corrected chi connectivity index (χ3v) is 5.06. The lowest BCUT2D eigenvalue weighted by Crippen LogP contribution is -2.35. The van der Waals surface area contributed by atoms with E-state index in [0.29, 0.717) is 26.2 Å². The fraction of sp³-hybridized carbons (Fsp3) is 0.471. The number of amides is 1. The first-order chi connectivity index (χ1) is 12.3. The molecule has 0 saturated carbocycles. The number of carbonyl (C=O) groups is 1. The number of hydrogen-bond acceptors (Lipinski definition) is 5. The van der Waals surface area contributed by atoms with Gasteiger partial charge >= 0.3 is 6.18 Å². The summed E-state index contributed by atoms with van der Waals surface area (Å²) in [7, 11) is 0. The smallest absolute Gasteiger partial charge is 0.337 e. The second kappa shape index (κ2) is 7.71. The van der Waals surface area contributed by atoms with Crippen molar-refractivity contribution in [3.05, 3.63) is 45.4 Å². The minimum Gasteiger partial charge on any atom is -0.337 e. The number of aromatic nitrogens is 2. The van der Waals surface area contributed by atoms with Gasteiger partial charge in [-0.2, -0.15) is 13.2 Å². The molecule has 0 atom stereocenters. The molecule has 1 aliphatic heterocycles. The summed E-state index contributed by atoms with van der Waals surface area (Å²) in [6.07, 6.45) is -3.69. The molecule has 5 nitrogen and oxygen atoms in total. The van der Waals surface area contributed by atoms with E-state index in [1.807, 2.05) is 6.92 Å². The highest BCUT2D eigenvalue weighted by atomic mass is 32.1. The molecule has 1 fully saturated rings. The standard InChI is InChI=1S/C17H19F3N4OS/c1-12-21-22-15(26-12)11-23-6-3-7-24(9-8-23)16(25)13-4-2-5-14(10-13)17(18,19)20/h2,4-5,10H,3,6-9,11H2,1H3. The Bertz CT molecular complexity index is 777. The molecule has 0 bridgehead atoms. The van der Waals surface area contributed by atoms with E-state index in [0.717, 1.165) is 35.1 Å². The summed E-state index contributed by atoms with van der Waals surface area (Å²) in [6, 6.07) is 4.61. The summed E-state index contributed by atoms with van der Waals surface area (Å²) in [5.41, 5.74) is -0.723. The van der Waals surface area contributed by atoms with Gasteiger partial charge in [0.2, 0.25) is 0 Å². The van der Waals surface area contributed by atoms with Gasteiger partial charge in [-0.1, -0.05) is 6.07 Å². The summed E-state index contributed by atoms with van der Waals surface area (Å²) in [4.78, 5) is 16.4. The first-order valence-electron chi connectivity index (χ1n) is 8.31. The van der Waals surface area contributed by atoms with Gasteiger partial charge in [-0.15, -0.1) is 21.5 Å². The second-order valence-electron chi connectivity index (χ2n) is 6.22. The normalized spacial score (nSPS) is 16.5. The van der Waals surface area contributed by atoms with E-state index in [4.69, 9.17) is 0 Å². The van der Waals surface area contributed by atoms with E-state index in [1.165, 1.54) is 12.1 Å². The van der Waals surface area contributed by atoms with Crippen LogP contribution in [-0.2, 0) is 12.7 Å². The van der Waals surface area contributed by atoms with Crippen molar-refractivity contribution in [3.63, 3.8) is 0 Å². The Kier molecular flexibility index (Phi) is 5.57. The maximum absolute atomic E-state index is 12.9. The van der Waals surface area contributed by atoms with Crippen LogP contribution < -0.4 is 0 Å². The van der Waals surface area contributed by atoms with Crippen molar-refractivity contribution in [1.29, 1.82) is 0 Å². The molecule has 140 valence electrons. The molecule has 0 radical (unpaired) electrons. The van der Waals surface area contributed by atoms with Crippen LogP contribution in [0.5, 0.6) is 0 Å². The molecule has 0 unspecified atom stereocenters. The SMILES string of the molecule is Cc1nnc(CN2CCCN(C(=O)c3cccc(C(F)(F)F)c3)CC2)s1. The predicted molar refractivity (Wildman–Crippen MR) is 91.9 cm³/mol. The second-order valence-corrected chi connectivity index (χ2v) is 7.48. The molecule has 1 saturated heterocycles. The van der Waals surface area contributed by atoms with E-state index < -0.39 is 11.7 Å². The summed E-state index contributed by atoms with van der Waals surface area (Å²) >= 11 is 1.55. The monoisotopic (exact) mass is 384 g/mol. The lowest BCUT2D eigenvalue weighted by molar-refractivity contribution is -0.137. The van der Waals surface area contributed by atoms with Crippen LogP contribution in [-0.4, -0.2) is 52.1 Å². The zero-order chi connectivity index (χ0) is 18.7. The van der Waals surface area contributed by atoms with Gasteiger partial charge in [0.15, 0.2) is 0 Å². The molecule has 9 heteroatoms. The summed E-state index contributed by atoms with van der Waals surface area (Å²) < 4.78 is 38.6. The van der Waals surface area contributed by atoms with Crippen LogP contribution in [0.4, 0.5) is 13.2 Å². The Morgan fingerprint density at radius 1 is 1.19 bits per heavy atom. The highest BCUT2D eigenvalue weighted by Crippen LogP contribution is 2.29. The largest absolute Gasteiger partial charge is 0.416 e. The molecule has 1 aromatic heterocycles. The zero-order valence-electron chi connectivity index (χ0n) is 14.3. The Hall–Kier alpha value is -2.00. The van der Waals surface area contributed by atoms with Gasteiger partial charge in [0, 0.05) is 31.7 Å². The van der Waals surface area contributed by atoms with E-state index >= 15 is 0 Å². The molecule has 3 rings (SSSR count). The third kappa shape index (κ3) is 4.59. The number of aryl methyl sites for hydroxylation is 1. The van der Waals surface area contributed by atoms with Crippen molar-refractivity contribution < 1.29 is 18.0 Å². The van der Waals surface area contributed by atoms with Crippen molar-refractivity contribution in [2.45, 2.75) is 26.1 Å². The van der Waals surface area contributed by atoms with Crippen LogP contribution in [0.2, 0.25) is 0 Å². The van der Waals surface area contributed by atoms with Crippen molar-refractivity contribution in [2.75, 3.05) is 26.2 Å². The molecule has 0 spiro atoms. The highest BCUT2D eigenvalue weighted by Gasteiger charge is 2.31. The zero-order valence-corrected chi connectivity index (χ0v) is 15.1. The molecule has 0 aliphatic carbocycles. The van der Waals surface area contributed by atoms with E-state index in [2.05, 4.69) is 15.1 Å². The van der Waals surface area contributed by atoms with Crippen molar-refractivity contribution >= 4 is 17.2 Å². The predicted octanol–water partition coefficient (Wildman–Crippen LogP) is 3.21. The lowest BCUT2D eigenvalue weighted by atomic mass is 10.1. The van der Waals surface area contributed by atoms with Crippen LogP contribution in [0.15, 0.2) is 24.3 Å². The lowest BCUT2D eigenvalue weighted by Gasteiger charge is -2.22. The number of alkyl halides is 3. The van der Waals surface area contributed by atoms with Crippen molar-refractivity contribution in [2.24, 2.45) is 0 Å². The van der Waals surface area contributed by atoms with Crippen LogP contribution in [0, 0.1) is 6.92 Å². The van der Waals surface area contributed by atoms with E-state index in [-0.39, 0.29) is 11.5 Å². The topological polar surface area (TPSA) is 49.3 Å². The fourth-order valence-electron chi connectivity index (χ4n) is 2.94. The third-order valence-electron chi connectivity index (χ3n) is 4.24. The Morgan fingerprint density at radius 3 is 2.69 bits per heavy atom. The molecule has 26 heavy (non-hydrogen) atoms. The van der Waals surface area contributed by atoms with Gasteiger partial charge in [0.25, 0.3) is 5.91 Å². The Labute approximate surface area is 153 Å². The van der Waals surface area contributed by atoms with Gasteiger partial charge < -0.3 is 4.90 Å². The number of nitrogens with zero attached hydrogens (tertiary/aromatic N) is 4. The average Bonchev–Trinajstić information content (AvgIpc) is 2.87. The maximum Gasteiger partial charge on any atom is 0.416 e. The minimum atomic E-state index is -4.45. The van der Waals surface area contributed by atoms with Crippen molar-refractivity contribution in [3.8, 4) is 0 Å². The summed E-state index contributed by atoms with van der Waals surface area (Å²) in [5.74, 6) is -0.357. The number of carbonyl (C=O) groups excluding carboxylic acids is 1. The summed E-state index contributed by atoms with van der Waals surface area (Å²) in [5, 5.41) is 9.96. The molecule has 2 heterocycles. The van der Waals surface area contributed by atoms with E-state index in [1.54, 1.807) is 16.2 Å². The molecule has 2 aromatic rings. The van der Waals surface area contributed by atoms with Gasteiger partial charge in [-0.05, 0) is 31.5 Å². The van der Waals surface area contributed by atoms with Gasteiger partial charge in [0.1, 0.15) is 10.0 Å². The molecule has 0 N–H and O–H groups in total. The van der Waals surface area contributed by atoms with Crippen LogP contribution in [0.1, 0.15) is 32.4 Å². The number of halogens is 3.